The molecule has 0 saturated heterocycles. The van der Waals surface area contributed by atoms with Crippen molar-refractivity contribution in [3.05, 3.63) is 0 Å². The lowest BCUT2D eigenvalue weighted by molar-refractivity contribution is -0.139. The maximum absolute atomic E-state index is 12.9. The van der Waals surface area contributed by atoms with Crippen molar-refractivity contribution in [2.45, 2.75) is 64.3 Å². The molecule has 0 atom stereocenters. The van der Waals surface area contributed by atoms with E-state index in [1.165, 1.54) is 0 Å². The number of nitrogens with two attached hydrogens (primary N) is 1. The van der Waals surface area contributed by atoms with Gasteiger partial charge in [0.2, 0.25) is 5.91 Å². The van der Waals surface area contributed by atoms with Crippen LogP contribution in [0.4, 0.5) is 0 Å². The summed E-state index contributed by atoms with van der Waals surface area (Å²) in [6.45, 7) is 2.94. The predicted molar refractivity (Wildman–Crippen MR) is 74.0 cm³/mol. The van der Waals surface area contributed by atoms with Crippen LogP contribution in [0.2, 0.25) is 0 Å². The Morgan fingerprint density at radius 1 is 1.42 bits per heavy atom. The van der Waals surface area contributed by atoms with Crippen molar-refractivity contribution in [3.63, 3.8) is 0 Å². The summed E-state index contributed by atoms with van der Waals surface area (Å²) in [6, 6.07) is 0.392. The van der Waals surface area contributed by atoms with Crippen LogP contribution >= 0.6 is 0 Å². The van der Waals surface area contributed by atoms with Gasteiger partial charge in [0.05, 0.1) is 0 Å². The fraction of sp³-hybridized carbons (Fsp3) is 0.857. The van der Waals surface area contributed by atoms with Crippen LogP contribution in [0.1, 0.15) is 58.3 Å². The highest BCUT2D eigenvalue weighted by atomic mass is 16.4. The van der Waals surface area contributed by atoms with Crippen molar-refractivity contribution < 1.29 is 10.0 Å². The molecule has 0 aromatic rings. The van der Waals surface area contributed by atoms with Crippen molar-refractivity contribution in [2.24, 2.45) is 16.3 Å². The van der Waals surface area contributed by atoms with E-state index in [9.17, 15) is 4.79 Å². The molecule has 0 radical (unpaired) electrons. The zero-order valence-electron chi connectivity index (χ0n) is 11.8. The summed E-state index contributed by atoms with van der Waals surface area (Å²) in [5.74, 6) is 0.202. The monoisotopic (exact) mass is 267 g/mol. The molecule has 108 valence electrons. The fourth-order valence-electron chi connectivity index (χ4n) is 3.09. The molecular formula is C14H25N3O2. The summed E-state index contributed by atoms with van der Waals surface area (Å²) >= 11 is 0. The van der Waals surface area contributed by atoms with Gasteiger partial charge in [-0.15, -0.1) is 0 Å². The van der Waals surface area contributed by atoms with E-state index in [4.69, 9.17) is 10.9 Å². The van der Waals surface area contributed by atoms with Crippen LogP contribution < -0.4 is 5.73 Å². The molecule has 2 aliphatic carbocycles. The maximum Gasteiger partial charge on any atom is 0.236 e. The van der Waals surface area contributed by atoms with Crippen molar-refractivity contribution in [1.29, 1.82) is 0 Å². The first-order valence-electron chi connectivity index (χ1n) is 7.45. The second-order valence-corrected chi connectivity index (χ2v) is 5.86. The summed E-state index contributed by atoms with van der Waals surface area (Å²) < 4.78 is 0. The van der Waals surface area contributed by atoms with Gasteiger partial charge >= 0.3 is 0 Å². The molecular weight excluding hydrogens is 242 g/mol. The van der Waals surface area contributed by atoms with E-state index in [1.54, 1.807) is 0 Å². The number of hydrogen-bond acceptors (Lipinski definition) is 3. The van der Waals surface area contributed by atoms with Gasteiger partial charge < -0.3 is 15.8 Å². The van der Waals surface area contributed by atoms with Gasteiger partial charge in [0.1, 0.15) is 5.41 Å². The number of unbranched alkanes of at least 4 members (excludes halogenated alkanes) is 1. The number of rotatable bonds is 6. The molecule has 2 aliphatic rings. The largest absolute Gasteiger partial charge is 0.409 e. The molecule has 2 saturated carbocycles. The number of oxime groups is 1. The van der Waals surface area contributed by atoms with Gasteiger partial charge in [0.25, 0.3) is 0 Å². The quantitative estimate of drug-likeness (QED) is 0.335. The van der Waals surface area contributed by atoms with Crippen LogP contribution in [0, 0.1) is 5.41 Å². The van der Waals surface area contributed by atoms with Crippen LogP contribution in [0.5, 0.6) is 0 Å². The van der Waals surface area contributed by atoms with Gasteiger partial charge in [-0.1, -0.05) is 31.3 Å². The van der Waals surface area contributed by atoms with Gasteiger partial charge in [0, 0.05) is 12.6 Å². The summed E-state index contributed by atoms with van der Waals surface area (Å²) in [5, 5.41) is 12.2. The van der Waals surface area contributed by atoms with Crippen molar-refractivity contribution in [3.8, 4) is 0 Å². The van der Waals surface area contributed by atoms with Gasteiger partial charge in [-0.05, 0) is 32.1 Å². The molecule has 2 rings (SSSR count). The van der Waals surface area contributed by atoms with E-state index in [0.717, 1.165) is 57.9 Å². The molecule has 0 heterocycles. The molecule has 2 fully saturated rings. The van der Waals surface area contributed by atoms with E-state index in [0.29, 0.717) is 6.04 Å². The third-order valence-corrected chi connectivity index (χ3v) is 4.47. The Morgan fingerprint density at radius 3 is 2.53 bits per heavy atom. The SMILES string of the molecule is CCCCN(C(=O)C1(C(N)=NO)CCCC1)C1CC1. The minimum absolute atomic E-state index is 0.0938. The molecule has 0 spiro atoms. The lowest BCUT2D eigenvalue weighted by atomic mass is 9.83. The zero-order valence-corrected chi connectivity index (χ0v) is 11.8. The Bertz CT molecular complexity index is 358. The maximum atomic E-state index is 12.9. The lowest BCUT2D eigenvalue weighted by Crippen LogP contribution is -2.51. The number of nitrogens with zero attached hydrogens (tertiary/aromatic N) is 2. The van der Waals surface area contributed by atoms with Crippen LogP contribution in [-0.4, -0.2) is 34.4 Å². The van der Waals surface area contributed by atoms with Gasteiger partial charge in [-0.2, -0.15) is 0 Å². The molecule has 0 aliphatic heterocycles. The van der Waals surface area contributed by atoms with E-state index in [1.807, 2.05) is 4.90 Å². The zero-order chi connectivity index (χ0) is 13.9. The number of amides is 1. The van der Waals surface area contributed by atoms with Gasteiger partial charge in [0.15, 0.2) is 5.84 Å². The highest BCUT2D eigenvalue weighted by molar-refractivity contribution is 6.07. The first-order chi connectivity index (χ1) is 9.15. The van der Waals surface area contributed by atoms with Crippen LogP contribution in [0.25, 0.3) is 0 Å². The van der Waals surface area contributed by atoms with E-state index >= 15 is 0 Å². The highest BCUT2D eigenvalue weighted by Crippen LogP contribution is 2.42. The standard InChI is InChI=1S/C14H25N3O2/c1-2-3-10-17(11-6-7-11)13(18)14(12(15)16-19)8-4-5-9-14/h11,19H,2-10H2,1H3,(H2,15,16). The second-order valence-electron chi connectivity index (χ2n) is 5.86. The average Bonchev–Trinajstić information content (AvgIpc) is 3.14. The second kappa shape index (κ2) is 5.80. The number of carbonyl (C=O) groups excluding carboxylic acids is 1. The van der Waals surface area contributed by atoms with Gasteiger partial charge in [-0.25, -0.2) is 0 Å². The Morgan fingerprint density at radius 2 is 2.05 bits per heavy atom. The van der Waals surface area contributed by atoms with Crippen molar-refractivity contribution in [2.75, 3.05) is 6.54 Å². The van der Waals surface area contributed by atoms with E-state index < -0.39 is 5.41 Å². The molecule has 0 aromatic heterocycles. The summed E-state index contributed by atoms with van der Waals surface area (Å²) in [4.78, 5) is 14.9. The predicted octanol–water partition coefficient (Wildman–Crippen LogP) is 2.08. The first kappa shape index (κ1) is 14.2. The van der Waals surface area contributed by atoms with Crippen molar-refractivity contribution in [1.82, 2.24) is 4.90 Å². The third-order valence-electron chi connectivity index (χ3n) is 4.47. The molecule has 5 heteroatoms. The molecule has 0 aromatic carbocycles. The highest BCUT2D eigenvalue weighted by Gasteiger charge is 2.49. The minimum Gasteiger partial charge on any atom is -0.409 e. The normalized spacial score (nSPS) is 22.5. The Labute approximate surface area is 114 Å². The van der Waals surface area contributed by atoms with Crippen LogP contribution in [0.3, 0.4) is 0 Å². The number of hydrogen-bond donors (Lipinski definition) is 2. The lowest BCUT2D eigenvalue weighted by Gasteiger charge is -2.33. The number of carbonyl (C=O) groups is 1. The molecule has 19 heavy (non-hydrogen) atoms. The molecule has 1 amide bonds. The van der Waals surface area contributed by atoms with E-state index in [-0.39, 0.29) is 11.7 Å². The topological polar surface area (TPSA) is 78.9 Å². The molecule has 0 unspecified atom stereocenters. The minimum atomic E-state index is -0.731. The van der Waals surface area contributed by atoms with E-state index in [2.05, 4.69) is 12.1 Å². The summed E-state index contributed by atoms with van der Waals surface area (Å²) in [5.41, 5.74) is 5.12. The molecule has 3 N–H and O–H groups in total. The Hall–Kier alpha value is -1.26. The van der Waals surface area contributed by atoms with Crippen LogP contribution in [-0.2, 0) is 4.79 Å². The first-order valence-corrected chi connectivity index (χ1v) is 7.45. The fourth-order valence-corrected chi connectivity index (χ4v) is 3.09. The number of amidine groups is 1. The average molecular weight is 267 g/mol. The van der Waals surface area contributed by atoms with Crippen molar-refractivity contribution >= 4 is 11.7 Å². The Balaban J connectivity index is 2.17. The Kier molecular flexibility index (Phi) is 4.32. The smallest absolute Gasteiger partial charge is 0.236 e. The third kappa shape index (κ3) is 2.69. The molecule has 0 bridgehead atoms. The summed E-state index contributed by atoms with van der Waals surface area (Å²) in [6.07, 6.45) is 7.70. The summed E-state index contributed by atoms with van der Waals surface area (Å²) in [7, 11) is 0. The molecule has 5 nitrogen and oxygen atoms in total. The van der Waals surface area contributed by atoms with Gasteiger partial charge in [-0.3, -0.25) is 4.79 Å². The van der Waals surface area contributed by atoms with Crippen LogP contribution in [0.15, 0.2) is 5.16 Å².